The molecule has 0 aliphatic carbocycles. The van der Waals surface area contributed by atoms with Crippen molar-refractivity contribution in [3.05, 3.63) is 66.2 Å². The van der Waals surface area contributed by atoms with Crippen LogP contribution in [0.15, 0.2) is 54.9 Å². The van der Waals surface area contributed by atoms with Crippen LogP contribution in [0.5, 0.6) is 0 Å². The molecule has 1 aliphatic rings. The first kappa shape index (κ1) is 19.1. The molecule has 4 rings (SSSR count). The Bertz CT molecular complexity index is 933. The number of nitrogens with zero attached hydrogens (tertiary/aromatic N) is 6. The first-order valence-electron chi connectivity index (χ1n) is 10.1. The van der Waals surface area contributed by atoms with E-state index in [4.69, 9.17) is 0 Å². The van der Waals surface area contributed by atoms with Crippen LogP contribution in [0.1, 0.15) is 24.2 Å². The lowest BCUT2D eigenvalue weighted by atomic mass is 10.1. The van der Waals surface area contributed by atoms with E-state index >= 15 is 0 Å². The maximum atomic E-state index is 12.6. The highest BCUT2D eigenvalue weighted by Crippen LogP contribution is 2.18. The third-order valence-electron chi connectivity index (χ3n) is 5.21. The highest BCUT2D eigenvalue weighted by atomic mass is 16.2. The highest BCUT2D eigenvalue weighted by molar-refractivity contribution is 5.76. The summed E-state index contributed by atoms with van der Waals surface area (Å²) < 4.78 is 1.74. The molecule has 1 amide bonds. The molecule has 0 unspecified atom stereocenters. The van der Waals surface area contributed by atoms with Gasteiger partial charge in [0.15, 0.2) is 5.82 Å². The van der Waals surface area contributed by atoms with Gasteiger partial charge in [0, 0.05) is 51.1 Å². The SMILES string of the molecule is Cc1nc(N2CCN(C(=O)CCCc3ccccc3)CC2)cc(-n2cccn2)n1. The van der Waals surface area contributed by atoms with E-state index in [9.17, 15) is 4.79 Å². The van der Waals surface area contributed by atoms with E-state index in [1.54, 1.807) is 10.9 Å². The number of hydrogen-bond acceptors (Lipinski definition) is 5. The predicted molar refractivity (Wildman–Crippen MR) is 112 cm³/mol. The van der Waals surface area contributed by atoms with Gasteiger partial charge in [-0.1, -0.05) is 30.3 Å². The van der Waals surface area contributed by atoms with Crippen LogP contribution >= 0.6 is 0 Å². The molecule has 0 spiro atoms. The van der Waals surface area contributed by atoms with E-state index in [1.807, 2.05) is 48.4 Å². The van der Waals surface area contributed by atoms with Crippen LogP contribution in [0.4, 0.5) is 5.82 Å². The van der Waals surface area contributed by atoms with Crippen molar-refractivity contribution in [1.82, 2.24) is 24.6 Å². The summed E-state index contributed by atoms with van der Waals surface area (Å²) in [6.07, 6.45) is 6.05. The lowest BCUT2D eigenvalue weighted by Crippen LogP contribution is -2.49. The summed E-state index contributed by atoms with van der Waals surface area (Å²) in [7, 11) is 0. The van der Waals surface area contributed by atoms with Crippen molar-refractivity contribution in [1.29, 1.82) is 0 Å². The molecule has 7 heteroatoms. The standard InChI is InChI=1S/C22H26N6O/c1-18-24-20(17-21(25-18)28-12-6-11-23-28)26-13-15-27(16-14-26)22(29)10-5-9-19-7-3-2-4-8-19/h2-4,6-8,11-12,17H,5,9-10,13-16H2,1H3. The average Bonchev–Trinajstić information content (AvgIpc) is 3.29. The molecule has 0 radical (unpaired) electrons. The molecule has 3 heterocycles. The van der Waals surface area contributed by atoms with E-state index in [0.29, 0.717) is 12.2 Å². The summed E-state index contributed by atoms with van der Waals surface area (Å²) in [5, 5.41) is 4.25. The molecule has 2 aromatic heterocycles. The van der Waals surface area contributed by atoms with Gasteiger partial charge in [0.1, 0.15) is 11.6 Å². The van der Waals surface area contributed by atoms with Gasteiger partial charge in [0.25, 0.3) is 0 Å². The van der Waals surface area contributed by atoms with Crippen molar-refractivity contribution in [2.45, 2.75) is 26.2 Å². The molecule has 0 bridgehead atoms. The van der Waals surface area contributed by atoms with Crippen LogP contribution in [0.25, 0.3) is 5.82 Å². The number of amides is 1. The normalized spacial score (nSPS) is 14.2. The molecular formula is C22H26N6O. The van der Waals surface area contributed by atoms with Gasteiger partial charge in [-0.05, 0) is 31.4 Å². The number of carbonyl (C=O) groups is 1. The van der Waals surface area contributed by atoms with E-state index in [-0.39, 0.29) is 5.91 Å². The van der Waals surface area contributed by atoms with Crippen molar-refractivity contribution < 1.29 is 4.79 Å². The molecule has 1 aromatic carbocycles. The lowest BCUT2D eigenvalue weighted by molar-refractivity contribution is -0.131. The fraction of sp³-hybridized carbons (Fsp3) is 0.364. The minimum Gasteiger partial charge on any atom is -0.353 e. The molecule has 0 saturated carbocycles. The van der Waals surface area contributed by atoms with Gasteiger partial charge in [-0.25, -0.2) is 14.6 Å². The molecule has 7 nitrogen and oxygen atoms in total. The van der Waals surface area contributed by atoms with Gasteiger partial charge in [-0.2, -0.15) is 5.10 Å². The van der Waals surface area contributed by atoms with Crippen LogP contribution < -0.4 is 4.90 Å². The summed E-state index contributed by atoms with van der Waals surface area (Å²) in [5.41, 5.74) is 1.29. The molecule has 1 fully saturated rings. The summed E-state index contributed by atoms with van der Waals surface area (Å²) in [6, 6.07) is 14.2. The van der Waals surface area contributed by atoms with Gasteiger partial charge in [-0.15, -0.1) is 0 Å². The van der Waals surface area contributed by atoms with Gasteiger partial charge in [0.05, 0.1) is 0 Å². The lowest BCUT2D eigenvalue weighted by Gasteiger charge is -2.35. The van der Waals surface area contributed by atoms with Crippen molar-refractivity contribution in [2.24, 2.45) is 0 Å². The number of rotatable bonds is 6. The Balaban J connectivity index is 1.31. The third kappa shape index (κ3) is 4.80. The Morgan fingerprint density at radius 2 is 1.76 bits per heavy atom. The summed E-state index contributed by atoms with van der Waals surface area (Å²) in [4.78, 5) is 25.8. The Morgan fingerprint density at radius 3 is 2.48 bits per heavy atom. The zero-order chi connectivity index (χ0) is 20.1. The van der Waals surface area contributed by atoms with Crippen LogP contribution in [-0.4, -0.2) is 56.7 Å². The number of hydrogen-bond donors (Lipinski definition) is 0. The predicted octanol–water partition coefficient (Wildman–Crippen LogP) is 2.64. The van der Waals surface area contributed by atoms with Gasteiger partial charge in [-0.3, -0.25) is 4.79 Å². The molecule has 0 N–H and O–H groups in total. The largest absolute Gasteiger partial charge is 0.353 e. The van der Waals surface area contributed by atoms with Crippen LogP contribution in [-0.2, 0) is 11.2 Å². The van der Waals surface area contributed by atoms with E-state index in [2.05, 4.69) is 32.1 Å². The average molecular weight is 390 g/mol. The minimum atomic E-state index is 0.247. The Morgan fingerprint density at radius 1 is 1.00 bits per heavy atom. The first-order chi connectivity index (χ1) is 14.2. The Labute approximate surface area is 171 Å². The second kappa shape index (κ2) is 8.86. The molecule has 1 aliphatic heterocycles. The van der Waals surface area contributed by atoms with Crippen molar-refractivity contribution >= 4 is 11.7 Å². The summed E-state index contributed by atoms with van der Waals surface area (Å²) in [5.74, 6) is 2.61. The molecule has 3 aromatic rings. The number of piperazine rings is 1. The number of aryl methyl sites for hydroxylation is 2. The topological polar surface area (TPSA) is 67.2 Å². The van der Waals surface area contributed by atoms with Crippen LogP contribution in [0.2, 0.25) is 0 Å². The van der Waals surface area contributed by atoms with Gasteiger partial charge < -0.3 is 9.80 Å². The Kier molecular flexibility index (Phi) is 5.84. The maximum Gasteiger partial charge on any atom is 0.222 e. The number of carbonyl (C=O) groups excluding carboxylic acids is 1. The smallest absolute Gasteiger partial charge is 0.222 e. The summed E-state index contributed by atoms with van der Waals surface area (Å²) in [6.45, 7) is 4.90. The van der Waals surface area contributed by atoms with Gasteiger partial charge >= 0.3 is 0 Å². The second-order valence-electron chi connectivity index (χ2n) is 7.29. The van der Waals surface area contributed by atoms with Crippen molar-refractivity contribution in [2.75, 3.05) is 31.1 Å². The Hall–Kier alpha value is -3.22. The van der Waals surface area contributed by atoms with E-state index < -0.39 is 0 Å². The third-order valence-corrected chi connectivity index (χ3v) is 5.21. The fourth-order valence-electron chi connectivity index (χ4n) is 3.65. The first-order valence-corrected chi connectivity index (χ1v) is 10.1. The van der Waals surface area contributed by atoms with Crippen LogP contribution in [0.3, 0.4) is 0 Å². The zero-order valence-corrected chi connectivity index (χ0v) is 16.7. The van der Waals surface area contributed by atoms with E-state index in [0.717, 1.165) is 50.7 Å². The molecular weight excluding hydrogens is 364 g/mol. The van der Waals surface area contributed by atoms with E-state index in [1.165, 1.54) is 5.56 Å². The molecule has 1 saturated heterocycles. The number of benzene rings is 1. The molecule has 29 heavy (non-hydrogen) atoms. The molecule has 0 atom stereocenters. The van der Waals surface area contributed by atoms with Crippen molar-refractivity contribution in [3.63, 3.8) is 0 Å². The molecule has 150 valence electrons. The quantitative estimate of drug-likeness (QED) is 0.647. The number of aromatic nitrogens is 4. The minimum absolute atomic E-state index is 0.247. The fourth-order valence-corrected chi connectivity index (χ4v) is 3.65. The summed E-state index contributed by atoms with van der Waals surface area (Å²) >= 11 is 0. The highest BCUT2D eigenvalue weighted by Gasteiger charge is 2.22. The monoisotopic (exact) mass is 390 g/mol. The second-order valence-corrected chi connectivity index (χ2v) is 7.29. The van der Waals surface area contributed by atoms with Crippen molar-refractivity contribution in [3.8, 4) is 5.82 Å². The van der Waals surface area contributed by atoms with Gasteiger partial charge in [0.2, 0.25) is 5.91 Å². The number of anilines is 1. The zero-order valence-electron chi connectivity index (χ0n) is 16.7. The van der Waals surface area contributed by atoms with Crippen LogP contribution in [0, 0.1) is 6.92 Å². The maximum absolute atomic E-state index is 12.6.